The van der Waals surface area contributed by atoms with Crippen molar-refractivity contribution in [3.05, 3.63) is 53.7 Å². The van der Waals surface area contributed by atoms with E-state index in [0.29, 0.717) is 29.7 Å². The lowest BCUT2D eigenvalue weighted by molar-refractivity contribution is -0.0756. The molecule has 0 saturated heterocycles. The van der Waals surface area contributed by atoms with Crippen LogP contribution >= 0.6 is 11.3 Å². The smallest absolute Gasteiger partial charge is 0.321 e. The lowest BCUT2D eigenvalue weighted by Crippen LogP contribution is -2.30. The Morgan fingerprint density at radius 3 is 2.59 bits per heavy atom. The Kier molecular flexibility index (Phi) is 7.60. The highest BCUT2D eigenvalue weighted by Gasteiger charge is 2.15. The van der Waals surface area contributed by atoms with Gasteiger partial charge >= 0.3 is 6.03 Å². The highest BCUT2D eigenvalue weighted by atomic mass is 32.1. The molecule has 9 nitrogen and oxygen atoms in total. The molecule has 0 aliphatic heterocycles. The summed E-state index contributed by atoms with van der Waals surface area (Å²) < 4.78 is 2.04. The molecule has 32 heavy (non-hydrogen) atoms. The van der Waals surface area contributed by atoms with Gasteiger partial charge < -0.3 is 9.88 Å². The van der Waals surface area contributed by atoms with Gasteiger partial charge in [0.05, 0.1) is 29.7 Å². The maximum absolute atomic E-state index is 12.2. The van der Waals surface area contributed by atoms with E-state index in [1.807, 2.05) is 29.8 Å². The minimum atomic E-state index is -0.308. The van der Waals surface area contributed by atoms with Crippen LogP contribution in [0.4, 0.5) is 9.93 Å². The molecule has 0 unspecified atom stereocenters. The van der Waals surface area contributed by atoms with Crippen molar-refractivity contribution in [3.63, 3.8) is 0 Å². The molecule has 0 fully saturated rings. The van der Waals surface area contributed by atoms with Gasteiger partial charge in [0.15, 0.2) is 5.13 Å². The summed E-state index contributed by atoms with van der Waals surface area (Å²) in [5, 5.41) is 7.31. The molecule has 2 heterocycles. The molecule has 0 spiro atoms. The largest absolute Gasteiger partial charge is 0.337 e. The molecule has 1 aromatic carbocycles. The number of hydrogen-bond acceptors (Lipinski definition) is 6. The van der Waals surface area contributed by atoms with Crippen molar-refractivity contribution in [2.24, 2.45) is 0 Å². The lowest BCUT2D eigenvalue weighted by Gasteiger charge is -2.13. The van der Waals surface area contributed by atoms with Crippen molar-refractivity contribution in [3.8, 4) is 10.4 Å². The Balaban J connectivity index is 1.56. The number of urea groups is 1. The topological polar surface area (TPSA) is 101 Å². The summed E-state index contributed by atoms with van der Waals surface area (Å²) in [5.41, 5.74) is 3.18. The Morgan fingerprint density at radius 1 is 1.25 bits per heavy atom. The third kappa shape index (κ3) is 5.71. The summed E-state index contributed by atoms with van der Waals surface area (Å²) in [6.07, 6.45) is 4.45. The van der Waals surface area contributed by atoms with Gasteiger partial charge in [-0.25, -0.2) is 19.8 Å². The summed E-state index contributed by atoms with van der Waals surface area (Å²) in [7, 11) is 3.00. The summed E-state index contributed by atoms with van der Waals surface area (Å²) in [4.78, 5) is 39.1. The van der Waals surface area contributed by atoms with E-state index in [9.17, 15) is 9.59 Å². The molecule has 0 aliphatic carbocycles. The highest BCUT2D eigenvalue weighted by molar-refractivity contribution is 7.19. The van der Waals surface area contributed by atoms with E-state index < -0.39 is 0 Å². The molecule has 10 heteroatoms. The van der Waals surface area contributed by atoms with Crippen molar-refractivity contribution in [1.82, 2.24) is 24.9 Å². The number of carbonyl (C=O) groups excluding carboxylic acids is 2. The van der Waals surface area contributed by atoms with Gasteiger partial charge in [-0.3, -0.25) is 14.9 Å². The van der Waals surface area contributed by atoms with Gasteiger partial charge in [-0.2, -0.15) is 0 Å². The molecule has 0 saturated carbocycles. The standard InChI is InChI=1S/C22H28N6O3S/c1-14(2)28-12-18(24-13-28)10-11-23-21(30)26-22-25-15(3)19(32-22)16-6-8-17(9-7-16)20(29)27(4)31-5/h6-9,12-14H,10-11H2,1-5H3,(H2,23,25,26,30). The first-order valence-electron chi connectivity index (χ1n) is 10.3. The monoisotopic (exact) mass is 456 g/mol. The summed E-state index contributed by atoms with van der Waals surface area (Å²) >= 11 is 1.38. The molecule has 0 bridgehead atoms. The molecular formula is C22H28N6O3S. The fourth-order valence-corrected chi connectivity index (χ4v) is 3.95. The van der Waals surface area contributed by atoms with Crippen LogP contribution in [0.15, 0.2) is 36.8 Å². The Hall–Kier alpha value is -3.24. The normalized spacial score (nSPS) is 10.9. The molecule has 3 amide bonds. The molecule has 170 valence electrons. The number of amides is 3. The van der Waals surface area contributed by atoms with Gasteiger partial charge in [0.1, 0.15) is 0 Å². The van der Waals surface area contributed by atoms with E-state index in [-0.39, 0.29) is 11.9 Å². The minimum Gasteiger partial charge on any atom is -0.337 e. The van der Waals surface area contributed by atoms with Crippen LogP contribution in [0.3, 0.4) is 0 Å². The third-order valence-electron chi connectivity index (χ3n) is 4.89. The zero-order valence-corrected chi connectivity index (χ0v) is 19.7. The average Bonchev–Trinajstić information content (AvgIpc) is 3.39. The summed E-state index contributed by atoms with van der Waals surface area (Å²) in [6.45, 7) is 6.55. The van der Waals surface area contributed by atoms with E-state index in [1.165, 1.54) is 23.5 Å². The van der Waals surface area contributed by atoms with Gasteiger partial charge in [0, 0.05) is 37.8 Å². The fraction of sp³-hybridized carbons (Fsp3) is 0.364. The van der Waals surface area contributed by atoms with Crippen LogP contribution < -0.4 is 10.6 Å². The number of anilines is 1. The molecule has 2 aromatic heterocycles. The van der Waals surface area contributed by atoms with Crippen molar-refractivity contribution in [2.45, 2.75) is 33.2 Å². The molecule has 2 N–H and O–H groups in total. The highest BCUT2D eigenvalue weighted by Crippen LogP contribution is 2.32. The maximum Gasteiger partial charge on any atom is 0.321 e. The molecular weight excluding hydrogens is 428 g/mol. The Morgan fingerprint density at radius 2 is 1.97 bits per heavy atom. The number of nitrogens with zero attached hydrogens (tertiary/aromatic N) is 4. The number of aryl methyl sites for hydroxylation is 1. The maximum atomic E-state index is 12.2. The number of hydrogen-bond donors (Lipinski definition) is 2. The molecule has 3 aromatic rings. The minimum absolute atomic E-state index is 0.227. The molecule has 0 aliphatic rings. The summed E-state index contributed by atoms with van der Waals surface area (Å²) in [6, 6.07) is 7.25. The first-order chi connectivity index (χ1) is 15.3. The second-order valence-electron chi connectivity index (χ2n) is 7.53. The van der Waals surface area contributed by atoms with Crippen molar-refractivity contribution in [2.75, 3.05) is 26.0 Å². The third-order valence-corrected chi connectivity index (χ3v) is 6.01. The zero-order chi connectivity index (χ0) is 23.3. The fourth-order valence-electron chi connectivity index (χ4n) is 2.98. The number of aromatic nitrogens is 3. The van der Waals surface area contributed by atoms with E-state index in [1.54, 1.807) is 25.5 Å². The van der Waals surface area contributed by atoms with Crippen molar-refractivity contribution >= 4 is 28.4 Å². The SMILES string of the molecule is CON(C)C(=O)c1ccc(-c2sc(NC(=O)NCCc3cn(C(C)C)cn3)nc2C)cc1. The van der Waals surface area contributed by atoms with Crippen LogP contribution in [0.25, 0.3) is 10.4 Å². The predicted octanol–water partition coefficient (Wildman–Crippen LogP) is 3.89. The first-order valence-corrected chi connectivity index (χ1v) is 11.1. The van der Waals surface area contributed by atoms with Crippen LogP contribution in [-0.2, 0) is 11.3 Å². The lowest BCUT2D eigenvalue weighted by atomic mass is 10.1. The van der Waals surface area contributed by atoms with E-state index in [4.69, 9.17) is 4.84 Å². The first kappa shape index (κ1) is 23.4. The van der Waals surface area contributed by atoms with Gasteiger partial charge in [0.25, 0.3) is 5.91 Å². The van der Waals surface area contributed by atoms with Crippen molar-refractivity contribution in [1.29, 1.82) is 0 Å². The Labute approximate surface area is 191 Å². The second-order valence-corrected chi connectivity index (χ2v) is 8.53. The van der Waals surface area contributed by atoms with Crippen LogP contribution in [0.5, 0.6) is 0 Å². The zero-order valence-electron chi connectivity index (χ0n) is 18.9. The number of benzene rings is 1. The number of nitrogens with one attached hydrogen (secondary N) is 2. The number of carbonyl (C=O) groups is 2. The van der Waals surface area contributed by atoms with Crippen LogP contribution in [0, 0.1) is 6.92 Å². The number of hydroxylamine groups is 2. The van der Waals surface area contributed by atoms with Crippen molar-refractivity contribution < 1.29 is 14.4 Å². The van der Waals surface area contributed by atoms with E-state index in [0.717, 1.165) is 21.8 Å². The predicted molar refractivity (Wildman–Crippen MR) is 125 cm³/mol. The quantitative estimate of drug-likeness (QED) is 0.501. The molecule has 0 atom stereocenters. The Bertz CT molecular complexity index is 1070. The van der Waals surface area contributed by atoms with Crippen LogP contribution in [0.1, 0.15) is 41.6 Å². The van der Waals surface area contributed by atoms with Gasteiger partial charge in [-0.15, -0.1) is 0 Å². The van der Waals surface area contributed by atoms with Gasteiger partial charge in [0.2, 0.25) is 0 Å². The number of thiazole rings is 1. The molecule has 0 radical (unpaired) electrons. The van der Waals surface area contributed by atoms with Gasteiger partial charge in [-0.05, 0) is 38.5 Å². The van der Waals surface area contributed by atoms with Gasteiger partial charge in [-0.1, -0.05) is 23.5 Å². The molecule has 3 rings (SSSR count). The summed E-state index contributed by atoms with van der Waals surface area (Å²) in [5.74, 6) is -0.227. The number of rotatable bonds is 8. The number of imidazole rings is 1. The average molecular weight is 457 g/mol. The van der Waals surface area contributed by atoms with Crippen LogP contribution in [0.2, 0.25) is 0 Å². The van der Waals surface area contributed by atoms with Crippen LogP contribution in [-0.4, -0.2) is 52.2 Å². The second kappa shape index (κ2) is 10.4. The van der Waals surface area contributed by atoms with E-state index >= 15 is 0 Å². The van der Waals surface area contributed by atoms with E-state index in [2.05, 4.69) is 34.4 Å².